The number of amides is 1. The number of hydrogen-bond donors (Lipinski definition) is 1. The van der Waals surface area contributed by atoms with E-state index in [0.29, 0.717) is 37.3 Å². The maximum Gasteiger partial charge on any atom is 0.426 e. The second kappa shape index (κ2) is 14.1. The van der Waals surface area contributed by atoms with Crippen molar-refractivity contribution >= 4 is 17.6 Å². The third kappa shape index (κ3) is 8.20. The molecule has 3 aromatic rings. The molecule has 264 valence electrons. The van der Waals surface area contributed by atoms with Crippen molar-refractivity contribution in [1.82, 2.24) is 15.2 Å². The number of carbonyl (C=O) groups excluding carboxylic acids is 2. The van der Waals surface area contributed by atoms with E-state index in [2.05, 4.69) is 33.7 Å². The Morgan fingerprint density at radius 1 is 1.02 bits per heavy atom. The van der Waals surface area contributed by atoms with Crippen molar-refractivity contribution in [2.45, 2.75) is 89.5 Å². The van der Waals surface area contributed by atoms with Gasteiger partial charge in [0.05, 0.1) is 17.9 Å². The monoisotopic (exact) mass is 694 g/mol. The molecule has 0 unspecified atom stereocenters. The Morgan fingerprint density at radius 2 is 1.69 bits per heavy atom. The second-order valence-electron chi connectivity index (χ2n) is 12.7. The van der Waals surface area contributed by atoms with Crippen LogP contribution in [0.3, 0.4) is 0 Å². The van der Waals surface area contributed by atoms with Gasteiger partial charge in [0, 0.05) is 11.8 Å². The molecule has 1 amide bonds. The summed E-state index contributed by atoms with van der Waals surface area (Å²) in [5, 5.41) is 9.43. The number of aromatic nitrogens is 3. The molecular formula is C34H36F6N4O5. The second-order valence-corrected chi connectivity index (χ2v) is 12.7. The molecule has 1 N–H and O–H groups in total. The summed E-state index contributed by atoms with van der Waals surface area (Å²) in [5.74, 6) is -2.84. The van der Waals surface area contributed by atoms with Gasteiger partial charge in [0.1, 0.15) is 11.3 Å². The minimum absolute atomic E-state index is 0.209. The van der Waals surface area contributed by atoms with Crippen molar-refractivity contribution in [3.63, 3.8) is 0 Å². The van der Waals surface area contributed by atoms with Gasteiger partial charge in [-0.05, 0) is 58.1 Å². The molecule has 2 heterocycles. The van der Waals surface area contributed by atoms with Crippen LogP contribution in [0.5, 0.6) is 0 Å². The normalized spacial score (nSPS) is 15.9. The molecule has 0 spiro atoms. The van der Waals surface area contributed by atoms with Crippen LogP contribution in [-0.2, 0) is 27.9 Å². The van der Waals surface area contributed by atoms with E-state index in [4.69, 9.17) is 13.9 Å². The molecule has 1 aliphatic carbocycles. The number of allylic oxidation sites excluding steroid dienone is 1. The number of nitrogens with one attached hydrogen (secondary N) is 1. The van der Waals surface area contributed by atoms with Crippen LogP contribution in [0.1, 0.15) is 86.8 Å². The highest BCUT2D eigenvalue weighted by molar-refractivity contribution is 6.02. The third-order valence-corrected chi connectivity index (χ3v) is 7.99. The van der Waals surface area contributed by atoms with E-state index in [-0.39, 0.29) is 6.42 Å². The summed E-state index contributed by atoms with van der Waals surface area (Å²) in [6.45, 7) is 11.0. The number of alkyl halides is 6. The minimum Gasteiger partial charge on any atom is -0.444 e. The van der Waals surface area contributed by atoms with Gasteiger partial charge in [0.25, 0.3) is 11.8 Å². The van der Waals surface area contributed by atoms with Crippen LogP contribution >= 0.6 is 0 Å². The highest BCUT2D eigenvalue weighted by atomic mass is 19.4. The summed E-state index contributed by atoms with van der Waals surface area (Å²) in [6.07, 6.45) is -8.18. The number of nitrogens with zero attached hydrogens (tertiary/aromatic N) is 3. The molecule has 15 heteroatoms. The van der Waals surface area contributed by atoms with E-state index < -0.39 is 88.3 Å². The molecule has 1 atom stereocenters. The standard InChI is InChI=1S/C34H36F6N4O5/c1-6-8-16-31(17-12-18-31)26(45)24-22(33(35,36)37)19-23(41-29(46)49-30(3,4)5)25(42-24)27-43-44-28(48-27)32(15-7-2,34(38,39)40)47-20-21-13-10-9-11-14-21/h6-7,9-11,13-14,19H,1-2,8,12,15-18,20H2,3-5H3,(H,41,46)/t32-/m1/s1. The van der Waals surface area contributed by atoms with E-state index in [9.17, 15) is 35.9 Å². The first-order valence-corrected chi connectivity index (χ1v) is 15.3. The van der Waals surface area contributed by atoms with Crippen LogP contribution in [0.25, 0.3) is 11.6 Å². The lowest BCUT2D eigenvalue weighted by Gasteiger charge is -2.40. The summed E-state index contributed by atoms with van der Waals surface area (Å²) >= 11 is 0. The number of carbonyl (C=O) groups is 2. The number of ketones is 1. The molecule has 4 rings (SSSR count). The Balaban J connectivity index is 1.91. The fourth-order valence-corrected chi connectivity index (χ4v) is 5.39. The van der Waals surface area contributed by atoms with Crippen molar-refractivity contribution < 1.29 is 49.8 Å². The molecule has 9 nitrogen and oxygen atoms in total. The van der Waals surface area contributed by atoms with Gasteiger partial charge in [-0.15, -0.1) is 23.4 Å². The van der Waals surface area contributed by atoms with Gasteiger partial charge in [0.2, 0.25) is 5.60 Å². The smallest absolute Gasteiger partial charge is 0.426 e. The van der Waals surface area contributed by atoms with Crippen LogP contribution in [0.15, 0.2) is 66.1 Å². The maximum absolute atomic E-state index is 14.8. The van der Waals surface area contributed by atoms with Crippen molar-refractivity contribution in [3.05, 3.63) is 84.4 Å². The SMILES string of the molecule is C=CCCC1(C(=O)c2nc(-c3nnc([C@@](CC=C)(OCc4ccccc4)C(F)(F)F)o3)c(NC(=O)OC(C)(C)C)cc2C(F)(F)F)CCC1. The van der Waals surface area contributed by atoms with Gasteiger partial charge < -0.3 is 13.9 Å². The number of anilines is 1. The molecule has 1 fully saturated rings. The molecule has 1 aliphatic rings. The molecule has 2 aromatic heterocycles. The Labute approximate surface area is 278 Å². The van der Waals surface area contributed by atoms with Crippen molar-refractivity contribution in [2.75, 3.05) is 5.32 Å². The van der Waals surface area contributed by atoms with E-state index >= 15 is 0 Å². The van der Waals surface area contributed by atoms with Crippen LogP contribution in [0.2, 0.25) is 0 Å². The lowest BCUT2D eigenvalue weighted by atomic mass is 9.62. The Morgan fingerprint density at radius 3 is 2.22 bits per heavy atom. The highest BCUT2D eigenvalue weighted by Crippen LogP contribution is 2.50. The van der Waals surface area contributed by atoms with E-state index in [1.807, 2.05) is 0 Å². The van der Waals surface area contributed by atoms with Gasteiger partial charge in [-0.25, -0.2) is 9.78 Å². The van der Waals surface area contributed by atoms with Gasteiger partial charge in [0.15, 0.2) is 11.5 Å². The molecule has 1 aromatic carbocycles. The predicted octanol–water partition coefficient (Wildman–Crippen LogP) is 9.37. The minimum atomic E-state index is -5.16. The topological polar surface area (TPSA) is 116 Å². The number of ether oxygens (including phenoxy) is 2. The first-order chi connectivity index (χ1) is 22.9. The quantitative estimate of drug-likeness (QED) is 0.107. The predicted molar refractivity (Wildman–Crippen MR) is 166 cm³/mol. The zero-order valence-corrected chi connectivity index (χ0v) is 27.1. The van der Waals surface area contributed by atoms with Crippen molar-refractivity contribution in [1.29, 1.82) is 0 Å². The average molecular weight is 695 g/mol. The van der Waals surface area contributed by atoms with Crippen LogP contribution in [0, 0.1) is 5.41 Å². The van der Waals surface area contributed by atoms with E-state index in [1.54, 1.807) is 24.3 Å². The van der Waals surface area contributed by atoms with Gasteiger partial charge >= 0.3 is 18.4 Å². The summed E-state index contributed by atoms with van der Waals surface area (Å²) in [4.78, 5) is 30.6. The number of halogens is 6. The van der Waals surface area contributed by atoms with Crippen LogP contribution < -0.4 is 5.32 Å². The van der Waals surface area contributed by atoms with Gasteiger partial charge in [-0.2, -0.15) is 26.3 Å². The van der Waals surface area contributed by atoms with E-state index in [1.165, 1.54) is 32.9 Å². The summed E-state index contributed by atoms with van der Waals surface area (Å²) in [6, 6.07) is 8.40. The van der Waals surface area contributed by atoms with Crippen LogP contribution in [0.4, 0.5) is 36.8 Å². The van der Waals surface area contributed by atoms with E-state index in [0.717, 1.165) is 6.08 Å². The molecule has 0 aliphatic heterocycles. The average Bonchev–Trinajstić information content (AvgIpc) is 3.47. The number of benzene rings is 1. The third-order valence-electron chi connectivity index (χ3n) is 7.99. The first-order valence-electron chi connectivity index (χ1n) is 15.3. The fraction of sp³-hybridized carbons (Fsp3) is 0.441. The van der Waals surface area contributed by atoms with Gasteiger partial charge in [-0.1, -0.05) is 48.9 Å². The molecular weight excluding hydrogens is 658 g/mol. The van der Waals surface area contributed by atoms with Gasteiger partial charge in [-0.3, -0.25) is 10.1 Å². The highest BCUT2D eigenvalue weighted by Gasteiger charge is 2.61. The fourth-order valence-electron chi connectivity index (χ4n) is 5.39. The molecule has 1 saturated carbocycles. The first kappa shape index (κ1) is 37.3. The summed E-state index contributed by atoms with van der Waals surface area (Å²) < 4.78 is 104. The lowest BCUT2D eigenvalue weighted by molar-refractivity contribution is -0.295. The zero-order valence-electron chi connectivity index (χ0n) is 27.1. The Bertz CT molecular complexity index is 1680. The number of Topliss-reactive ketones (excluding diaryl/α,β-unsaturated/α-hetero) is 1. The maximum atomic E-state index is 14.8. The summed E-state index contributed by atoms with van der Waals surface area (Å²) in [7, 11) is 0. The number of rotatable bonds is 13. The molecule has 49 heavy (non-hydrogen) atoms. The van der Waals surface area contributed by atoms with Crippen molar-refractivity contribution in [2.24, 2.45) is 5.41 Å². The largest absolute Gasteiger partial charge is 0.444 e. The zero-order chi connectivity index (χ0) is 36.3. The van der Waals surface area contributed by atoms with Crippen molar-refractivity contribution in [3.8, 4) is 11.6 Å². The van der Waals surface area contributed by atoms with Crippen LogP contribution in [-0.4, -0.2) is 38.8 Å². The lowest BCUT2D eigenvalue weighted by Crippen LogP contribution is -2.45. The Hall–Kier alpha value is -4.53. The summed E-state index contributed by atoms with van der Waals surface area (Å²) in [5.41, 5.74) is -8.97. The number of pyridine rings is 1. The Kier molecular flexibility index (Phi) is 10.8. The molecule has 0 bridgehead atoms. The molecule has 0 radical (unpaired) electrons. The molecule has 0 saturated heterocycles. The number of hydrogen-bond acceptors (Lipinski definition) is 8.